The van der Waals surface area contributed by atoms with Gasteiger partial charge in [-0.1, -0.05) is 17.7 Å². The number of benzene rings is 1. The van der Waals surface area contributed by atoms with Crippen LogP contribution in [-0.4, -0.2) is 5.11 Å². The molecule has 2 rings (SSSR count). The molecular weight excluding hydrogens is 310 g/mol. The molecule has 17 heavy (non-hydrogen) atoms. The largest absolute Gasteiger partial charge is 0.465 e. The van der Waals surface area contributed by atoms with Gasteiger partial charge in [0.2, 0.25) is 0 Å². The van der Waals surface area contributed by atoms with Crippen molar-refractivity contribution in [3.05, 3.63) is 57.2 Å². The molecule has 0 saturated carbocycles. The summed E-state index contributed by atoms with van der Waals surface area (Å²) >= 11 is 8.84. The van der Waals surface area contributed by atoms with Gasteiger partial charge in [-0.15, -0.1) is 0 Å². The average molecular weight is 320 g/mol. The number of furan rings is 1. The highest BCUT2D eigenvalue weighted by Gasteiger charge is 2.16. The minimum absolute atomic E-state index is 0.0717. The summed E-state index contributed by atoms with van der Waals surface area (Å²) in [6.07, 6.45) is 0.922. The molecule has 0 spiro atoms. The first-order chi connectivity index (χ1) is 8.08. The van der Waals surface area contributed by atoms with Crippen molar-refractivity contribution in [2.45, 2.75) is 12.5 Å². The zero-order valence-electron chi connectivity index (χ0n) is 8.66. The van der Waals surface area contributed by atoms with Crippen LogP contribution in [0.3, 0.4) is 0 Å². The molecule has 0 aliphatic heterocycles. The van der Waals surface area contributed by atoms with Gasteiger partial charge in [0.25, 0.3) is 0 Å². The Kier molecular flexibility index (Phi) is 3.86. The van der Waals surface area contributed by atoms with Gasteiger partial charge in [-0.3, -0.25) is 0 Å². The number of rotatable bonds is 3. The molecule has 0 radical (unpaired) electrons. The Morgan fingerprint density at radius 1 is 1.41 bits per heavy atom. The molecule has 1 atom stereocenters. The topological polar surface area (TPSA) is 33.4 Å². The maximum absolute atomic E-state index is 13.2. The SMILES string of the molecule is OC(Cc1ccc(Cl)c(F)c1)c1occc1Br. The number of aliphatic hydroxyl groups is 1. The molecular formula is C12H9BrClFO2. The zero-order chi connectivity index (χ0) is 12.4. The summed E-state index contributed by atoms with van der Waals surface area (Å²) in [5, 5.41) is 10.00. The third-order valence-corrected chi connectivity index (χ3v) is 3.32. The third-order valence-electron chi connectivity index (χ3n) is 2.36. The fourth-order valence-electron chi connectivity index (χ4n) is 1.53. The van der Waals surface area contributed by atoms with Gasteiger partial charge >= 0.3 is 0 Å². The van der Waals surface area contributed by atoms with Crippen LogP contribution in [0.2, 0.25) is 5.02 Å². The van der Waals surface area contributed by atoms with Crippen molar-refractivity contribution in [2.24, 2.45) is 0 Å². The lowest BCUT2D eigenvalue weighted by atomic mass is 10.1. The van der Waals surface area contributed by atoms with E-state index in [4.69, 9.17) is 16.0 Å². The van der Waals surface area contributed by atoms with Crippen LogP contribution in [0.25, 0.3) is 0 Å². The highest BCUT2D eigenvalue weighted by atomic mass is 79.9. The molecule has 1 aromatic carbocycles. The normalized spacial score (nSPS) is 12.7. The predicted molar refractivity (Wildman–Crippen MR) is 66.5 cm³/mol. The van der Waals surface area contributed by atoms with Crippen molar-refractivity contribution in [1.82, 2.24) is 0 Å². The Morgan fingerprint density at radius 2 is 2.18 bits per heavy atom. The smallest absolute Gasteiger partial charge is 0.146 e. The third kappa shape index (κ3) is 2.89. The lowest BCUT2D eigenvalue weighted by molar-refractivity contribution is 0.149. The van der Waals surface area contributed by atoms with Crippen LogP contribution in [0.5, 0.6) is 0 Å². The first kappa shape index (κ1) is 12.6. The predicted octanol–water partition coefficient (Wildman–Crippen LogP) is 4.11. The van der Waals surface area contributed by atoms with E-state index < -0.39 is 11.9 Å². The summed E-state index contributed by atoms with van der Waals surface area (Å²) in [5.74, 6) is -0.0600. The van der Waals surface area contributed by atoms with Gasteiger partial charge in [-0.05, 0) is 39.7 Å². The van der Waals surface area contributed by atoms with Gasteiger partial charge in [-0.2, -0.15) is 0 Å². The molecule has 0 fully saturated rings. The molecule has 1 heterocycles. The van der Waals surface area contributed by atoms with E-state index in [1.54, 1.807) is 12.1 Å². The van der Waals surface area contributed by atoms with Crippen LogP contribution in [0.15, 0.2) is 39.4 Å². The van der Waals surface area contributed by atoms with E-state index in [0.717, 1.165) is 0 Å². The van der Waals surface area contributed by atoms with Crippen molar-refractivity contribution in [3.8, 4) is 0 Å². The van der Waals surface area contributed by atoms with Crippen molar-refractivity contribution >= 4 is 27.5 Å². The standard InChI is InChI=1S/C12H9BrClFO2/c13-8-3-4-17-12(8)11(16)6-7-1-2-9(14)10(15)5-7/h1-5,11,16H,6H2. The first-order valence-corrected chi connectivity index (χ1v) is 6.10. The van der Waals surface area contributed by atoms with E-state index in [0.29, 0.717) is 15.8 Å². The van der Waals surface area contributed by atoms with E-state index in [2.05, 4.69) is 15.9 Å². The molecule has 0 amide bonds. The minimum Gasteiger partial charge on any atom is -0.465 e. The van der Waals surface area contributed by atoms with Gasteiger partial charge in [-0.25, -0.2) is 4.39 Å². The van der Waals surface area contributed by atoms with E-state index in [9.17, 15) is 9.50 Å². The second-order valence-corrected chi connectivity index (χ2v) is 4.86. The molecule has 0 aliphatic rings. The lowest BCUT2D eigenvalue weighted by Gasteiger charge is -2.09. The maximum Gasteiger partial charge on any atom is 0.146 e. The van der Waals surface area contributed by atoms with Crippen LogP contribution in [-0.2, 0) is 6.42 Å². The summed E-state index contributed by atoms with van der Waals surface area (Å²) in [5.41, 5.74) is 0.655. The van der Waals surface area contributed by atoms with Crippen molar-refractivity contribution in [1.29, 1.82) is 0 Å². The Hall–Kier alpha value is -0.840. The Balaban J connectivity index is 2.16. The van der Waals surface area contributed by atoms with Gasteiger partial charge in [0, 0.05) is 6.42 Å². The number of aliphatic hydroxyl groups excluding tert-OH is 1. The summed E-state index contributed by atoms with van der Waals surface area (Å²) in [6.45, 7) is 0. The molecule has 5 heteroatoms. The lowest BCUT2D eigenvalue weighted by Crippen LogP contribution is -2.01. The Bertz CT molecular complexity index is 527. The number of halogens is 3. The van der Waals surface area contributed by atoms with Crippen molar-refractivity contribution in [3.63, 3.8) is 0 Å². The number of hydrogen-bond acceptors (Lipinski definition) is 2. The van der Waals surface area contributed by atoms with Gasteiger partial charge in [0.15, 0.2) is 0 Å². The van der Waals surface area contributed by atoms with Gasteiger partial charge in [0.1, 0.15) is 17.7 Å². The molecule has 0 saturated heterocycles. The second-order valence-electron chi connectivity index (χ2n) is 3.60. The highest BCUT2D eigenvalue weighted by Crippen LogP contribution is 2.27. The van der Waals surface area contributed by atoms with Crippen LogP contribution >= 0.6 is 27.5 Å². The molecule has 1 N–H and O–H groups in total. The van der Waals surface area contributed by atoms with Crippen LogP contribution in [0, 0.1) is 5.82 Å². The monoisotopic (exact) mass is 318 g/mol. The van der Waals surface area contributed by atoms with Crippen LogP contribution < -0.4 is 0 Å². The minimum atomic E-state index is -0.819. The average Bonchev–Trinajstić information content (AvgIpc) is 2.70. The molecule has 1 aromatic heterocycles. The van der Waals surface area contributed by atoms with Gasteiger partial charge in [0.05, 0.1) is 15.8 Å². The van der Waals surface area contributed by atoms with Gasteiger partial charge < -0.3 is 9.52 Å². The molecule has 2 nitrogen and oxygen atoms in total. The summed E-state index contributed by atoms with van der Waals surface area (Å²) in [4.78, 5) is 0. The molecule has 1 unspecified atom stereocenters. The van der Waals surface area contributed by atoms with Crippen molar-refractivity contribution in [2.75, 3.05) is 0 Å². The van der Waals surface area contributed by atoms with E-state index in [-0.39, 0.29) is 11.4 Å². The first-order valence-electron chi connectivity index (χ1n) is 4.93. The molecule has 0 bridgehead atoms. The Labute approximate surface area is 111 Å². The summed E-state index contributed by atoms with van der Waals surface area (Å²) in [6, 6.07) is 6.14. The second kappa shape index (κ2) is 5.21. The molecule has 90 valence electrons. The van der Waals surface area contributed by atoms with Crippen LogP contribution in [0.1, 0.15) is 17.4 Å². The molecule has 2 aromatic rings. The quantitative estimate of drug-likeness (QED) is 0.923. The van der Waals surface area contributed by atoms with Crippen molar-refractivity contribution < 1.29 is 13.9 Å². The fourth-order valence-corrected chi connectivity index (χ4v) is 2.11. The number of hydrogen-bond donors (Lipinski definition) is 1. The maximum atomic E-state index is 13.2. The molecule has 0 aliphatic carbocycles. The van der Waals surface area contributed by atoms with E-state index in [1.807, 2.05) is 0 Å². The fraction of sp³-hybridized carbons (Fsp3) is 0.167. The summed E-state index contributed by atoms with van der Waals surface area (Å²) in [7, 11) is 0. The summed E-state index contributed by atoms with van der Waals surface area (Å²) < 4.78 is 19.0. The zero-order valence-corrected chi connectivity index (χ0v) is 11.0. The highest BCUT2D eigenvalue weighted by molar-refractivity contribution is 9.10. The van der Waals surface area contributed by atoms with Crippen LogP contribution in [0.4, 0.5) is 4.39 Å². The van der Waals surface area contributed by atoms with E-state index in [1.165, 1.54) is 18.4 Å². The Morgan fingerprint density at radius 3 is 2.76 bits per heavy atom. The van der Waals surface area contributed by atoms with E-state index >= 15 is 0 Å².